The third-order valence-corrected chi connectivity index (χ3v) is 5.15. The van der Waals surface area contributed by atoms with Gasteiger partial charge in [-0.25, -0.2) is 9.59 Å². The summed E-state index contributed by atoms with van der Waals surface area (Å²) in [5, 5.41) is 6.20. The molecule has 8 heteroatoms. The van der Waals surface area contributed by atoms with Crippen LogP contribution in [0.4, 0.5) is 10.5 Å². The van der Waals surface area contributed by atoms with Crippen molar-refractivity contribution >= 4 is 35.2 Å². The summed E-state index contributed by atoms with van der Waals surface area (Å²) < 4.78 is 5.40. The Morgan fingerprint density at radius 1 is 1.16 bits per heavy atom. The van der Waals surface area contributed by atoms with Gasteiger partial charge in [0.1, 0.15) is 0 Å². The number of carbonyl (C=O) groups excluding carboxylic acids is 3. The maximum absolute atomic E-state index is 12.8. The predicted molar refractivity (Wildman–Crippen MR) is 119 cm³/mol. The van der Waals surface area contributed by atoms with E-state index in [-0.39, 0.29) is 18.0 Å². The average molecular weight is 442 g/mol. The third-order valence-electron chi connectivity index (χ3n) is 4.90. The lowest BCUT2D eigenvalue weighted by Crippen LogP contribution is -2.46. The molecule has 0 radical (unpaired) electrons. The Morgan fingerprint density at radius 3 is 2.48 bits per heavy atom. The van der Waals surface area contributed by atoms with E-state index in [1.165, 1.54) is 4.90 Å². The molecule has 0 bridgehead atoms. The summed E-state index contributed by atoms with van der Waals surface area (Å²) in [6.45, 7) is 5.23. The zero-order chi connectivity index (χ0) is 22.7. The molecule has 0 saturated carbocycles. The van der Waals surface area contributed by atoms with Crippen molar-refractivity contribution in [1.29, 1.82) is 0 Å². The predicted octanol–water partition coefficient (Wildman–Crippen LogP) is 4.51. The number of allylic oxidation sites excluding steroid dienone is 1. The van der Waals surface area contributed by atoms with Crippen LogP contribution in [0.2, 0.25) is 5.02 Å². The number of hydrogen-bond donors (Lipinski definition) is 2. The summed E-state index contributed by atoms with van der Waals surface area (Å²) in [7, 11) is 1.59. The first-order valence-electron chi connectivity index (χ1n) is 9.80. The first-order chi connectivity index (χ1) is 14.7. The van der Waals surface area contributed by atoms with Gasteiger partial charge in [-0.05, 0) is 62.7 Å². The van der Waals surface area contributed by atoms with Gasteiger partial charge in [0.15, 0.2) is 0 Å². The molecule has 2 aromatic rings. The van der Waals surface area contributed by atoms with Crippen molar-refractivity contribution in [2.24, 2.45) is 0 Å². The molecule has 0 saturated heterocycles. The van der Waals surface area contributed by atoms with Crippen LogP contribution in [-0.4, -0.2) is 36.0 Å². The van der Waals surface area contributed by atoms with E-state index in [4.69, 9.17) is 16.3 Å². The first-order valence-corrected chi connectivity index (χ1v) is 10.2. The van der Waals surface area contributed by atoms with E-state index in [1.54, 1.807) is 76.3 Å². The van der Waals surface area contributed by atoms with Crippen molar-refractivity contribution in [2.75, 3.05) is 12.4 Å². The van der Waals surface area contributed by atoms with Crippen LogP contribution < -0.4 is 10.6 Å². The fourth-order valence-electron chi connectivity index (χ4n) is 3.23. The van der Waals surface area contributed by atoms with Gasteiger partial charge in [0, 0.05) is 29.0 Å². The lowest BCUT2D eigenvalue weighted by Gasteiger charge is -2.33. The van der Waals surface area contributed by atoms with E-state index < -0.39 is 12.0 Å². The number of esters is 1. The van der Waals surface area contributed by atoms with Gasteiger partial charge in [0.05, 0.1) is 17.7 Å². The summed E-state index contributed by atoms with van der Waals surface area (Å²) >= 11 is 5.88. The SMILES string of the molecule is CC1=C(C(=O)OC(C)C)C(c2cccc(NC(=O)c3ccc(Cl)cc3)c2)NC(=O)N1C. The first kappa shape index (κ1) is 22.4. The second-order valence-electron chi connectivity index (χ2n) is 7.48. The van der Waals surface area contributed by atoms with Crippen molar-refractivity contribution in [2.45, 2.75) is 32.9 Å². The number of halogens is 1. The van der Waals surface area contributed by atoms with Crippen molar-refractivity contribution in [3.63, 3.8) is 0 Å². The topological polar surface area (TPSA) is 87.7 Å². The number of carbonyl (C=O) groups is 3. The van der Waals surface area contributed by atoms with Crippen LogP contribution >= 0.6 is 11.6 Å². The lowest BCUT2D eigenvalue weighted by molar-refractivity contribution is -0.143. The van der Waals surface area contributed by atoms with Gasteiger partial charge in [-0.3, -0.25) is 4.79 Å². The molecule has 1 aliphatic heterocycles. The Morgan fingerprint density at radius 2 is 1.84 bits per heavy atom. The number of nitrogens with zero attached hydrogens (tertiary/aromatic N) is 1. The van der Waals surface area contributed by atoms with Crippen LogP contribution in [0.25, 0.3) is 0 Å². The minimum Gasteiger partial charge on any atom is -0.459 e. The molecule has 1 unspecified atom stereocenters. The zero-order valence-electron chi connectivity index (χ0n) is 17.7. The molecule has 3 amide bonds. The Labute approximate surface area is 186 Å². The molecule has 2 aromatic carbocycles. The fraction of sp³-hybridized carbons (Fsp3) is 0.261. The second-order valence-corrected chi connectivity index (χ2v) is 7.92. The maximum atomic E-state index is 12.8. The number of nitrogens with one attached hydrogen (secondary N) is 2. The third kappa shape index (κ3) is 5.06. The number of benzene rings is 2. The van der Waals surface area contributed by atoms with Gasteiger partial charge in [-0.15, -0.1) is 0 Å². The number of ether oxygens (including phenoxy) is 1. The van der Waals surface area contributed by atoms with Crippen LogP contribution in [0.1, 0.15) is 42.7 Å². The van der Waals surface area contributed by atoms with Gasteiger partial charge >= 0.3 is 12.0 Å². The van der Waals surface area contributed by atoms with Gasteiger partial charge in [0.25, 0.3) is 5.91 Å². The van der Waals surface area contributed by atoms with Crippen molar-refractivity contribution in [3.05, 3.63) is 76.0 Å². The molecule has 0 aliphatic carbocycles. The van der Waals surface area contributed by atoms with Crippen LogP contribution in [0.5, 0.6) is 0 Å². The molecule has 162 valence electrons. The van der Waals surface area contributed by atoms with Crippen LogP contribution in [0.3, 0.4) is 0 Å². The molecule has 0 fully saturated rings. The Balaban J connectivity index is 1.91. The number of rotatable bonds is 5. The second kappa shape index (κ2) is 9.22. The molecule has 3 rings (SSSR count). The van der Waals surface area contributed by atoms with Crippen LogP contribution in [0, 0.1) is 0 Å². The molecular formula is C23H24ClN3O4. The molecular weight excluding hydrogens is 418 g/mol. The molecule has 0 spiro atoms. The van der Waals surface area contributed by atoms with Gasteiger partial charge in [-0.1, -0.05) is 23.7 Å². The molecule has 1 atom stereocenters. The highest BCUT2D eigenvalue weighted by atomic mass is 35.5. The number of anilines is 1. The molecule has 31 heavy (non-hydrogen) atoms. The van der Waals surface area contributed by atoms with E-state index in [2.05, 4.69) is 10.6 Å². The molecule has 1 heterocycles. The Kier molecular flexibility index (Phi) is 6.65. The highest BCUT2D eigenvalue weighted by Crippen LogP contribution is 2.32. The van der Waals surface area contributed by atoms with E-state index in [0.29, 0.717) is 33.1 Å². The smallest absolute Gasteiger partial charge is 0.338 e. The quantitative estimate of drug-likeness (QED) is 0.668. The molecule has 0 aromatic heterocycles. The van der Waals surface area contributed by atoms with Gasteiger partial charge in [0.2, 0.25) is 0 Å². The van der Waals surface area contributed by atoms with Crippen molar-refractivity contribution in [3.8, 4) is 0 Å². The highest BCUT2D eigenvalue weighted by molar-refractivity contribution is 6.30. The maximum Gasteiger partial charge on any atom is 0.338 e. The summed E-state index contributed by atoms with van der Waals surface area (Å²) in [6.07, 6.45) is -0.304. The summed E-state index contributed by atoms with van der Waals surface area (Å²) in [4.78, 5) is 39.1. The number of hydrogen-bond acceptors (Lipinski definition) is 4. The Hall–Kier alpha value is -3.32. The highest BCUT2D eigenvalue weighted by Gasteiger charge is 2.35. The summed E-state index contributed by atoms with van der Waals surface area (Å²) in [5.41, 5.74) is 2.48. The van der Waals surface area contributed by atoms with E-state index in [9.17, 15) is 14.4 Å². The standard InChI is InChI=1S/C23H24ClN3O4/c1-13(2)31-22(29)19-14(3)27(4)23(30)26-20(19)16-6-5-7-18(12-16)25-21(28)15-8-10-17(24)11-9-15/h5-13,20H,1-4H3,(H,25,28)(H,26,30). The zero-order valence-corrected chi connectivity index (χ0v) is 18.5. The van der Waals surface area contributed by atoms with Crippen molar-refractivity contribution < 1.29 is 19.1 Å². The average Bonchev–Trinajstić information content (AvgIpc) is 2.71. The van der Waals surface area contributed by atoms with Gasteiger partial charge in [-0.2, -0.15) is 0 Å². The minimum absolute atomic E-state index is 0.299. The monoisotopic (exact) mass is 441 g/mol. The van der Waals surface area contributed by atoms with Crippen molar-refractivity contribution in [1.82, 2.24) is 10.2 Å². The summed E-state index contributed by atoms with van der Waals surface area (Å²) in [5.74, 6) is -0.799. The summed E-state index contributed by atoms with van der Waals surface area (Å²) in [6, 6.07) is 12.5. The van der Waals surface area contributed by atoms with E-state index >= 15 is 0 Å². The van der Waals surface area contributed by atoms with E-state index in [0.717, 1.165) is 0 Å². The van der Waals surface area contributed by atoms with Gasteiger partial charge < -0.3 is 20.3 Å². The fourth-order valence-corrected chi connectivity index (χ4v) is 3.35. The van der Waals surface area contributed by atoms with E-state index in [1.807, 2.05) is 0 Å². The van der Waals surface area contributed by atoms with Crippen LogP contribution in [-0.2, 0) is 9.53 Å². The van der Waals surface area contributed by atoms with Crippen LogP contribution in [0.15, 0.2) is 59.8 Å². The Bertz CT molecular complexity index is 1050. The minimum atomic E-state index is -0.706. The number of amides is 3. The molecule has 1 aliphatic rings. The largest absolute Gasteiger partial charge is 0.459 e. The number of urea groups is 1. The molecule has 2 N–H and O–H groups in total. The lowest BCUT2D eigenvalue weighted by atomic mass is 9.94. The molecule has 7 nitrogen and oxygen atoms in total. The normalized spacial score (nSPS) is 16.3.